The number of carbonyl (C=O) groups is 2. The van der Waals surface area contributed by atoms with E-state index in [1.165, 1.54) is 0 Å². The highest BCUT2D eigenvalue weighted by molar-refractivity contribution is 5.86. The summed E-state index contributed by atoms with van der Waals surface area (Å²) < 4.78 is 9.33. The van der Waals surface area contributed by atoms with Crippen molar-refractivity contribution in [1.29, 1.82) is 0 Å². The quantitative estimate of drug-likeness (QED) is 0.449. The Morgan fingerprint density at radius 3 is 2.75 bits per heavy atom. The van der Waals surface area contributed by atoms with Crippen LogP contribution in [-0.4, -0.2) is 31.3 Å². The zero-order chi connectivity index (χ0) is 12.0. The topological polar surface area (TPSA) is 64.6 Å². The average Bonchev–Trinajstić information content (AvgIpc) is 2.65. The van der Waals surface area contributed by atoms with E-state index in [2.05, 4.69) is 10.1 Å². The summed E-state index contributed by atoms with van der Waals surface area (Å²) in [6.07, 6.45) is 1.74. The van der Waals surface area contributed by atoms with Crippen LogP contribution in [0.5, 0.6) is 0 Å². The fourth-order valence-electron chi connectivity index (χ4n) is 1.62. The lowest BCUT2D eigenvalue weighted by atomic mass is 10.0. The molecule has 0 aliphatic carbocycles. The van der Waals surface area contributed by atoms with Crippen molar-refractivity contribution in [2.75, 3.05) is 13.2 Å². The van der Waals surface area contributed by atoms with Crippen LogP contribution in [0.4, 0.5) is 4.79 Å². The first-order valence-corrected chi connectivity index (χ1v) is 5.77. The lowest BCUT2D eigenvalue weighted by molar-refractivity contribution is -0.142. The summed E-state index contributed by atoms with van der Waals surface area (Å²) in [5.74, 6) is -0.331. The summed E-state index contributed by atoms with van der Waals surface area (Å²) in [6, 6.07) is -0.376. The van der Waals surface area contributed by atoms with Crippen LogP contribution in [0.15, 0.2) is 0 Å². The minimum Gasteiger partial charge on any atom is -0.434 e. The smallest absolute Gasteiger partial charge is 0.434 e. The normalized spacial score (nSPS) is 24.1. The maximum Gasteiger partial charge on any atom is 0.516 e. The molecule has 0 bridgehead atoms. The van der Waals surface area contributed by atoms with E-state index in [0.29, 0.717) is 6.61 Å². The van der Waals surface area contributed by atoms with Gasteiger partial charge in [0.05, 0.1) is 6.61 Å². The van der Waals surface area contributed by atoms with Crippen molar-refractivity contribution >= 4 is 12.1 Å². The van der Waals surface area contributed by atoms with Gasteiger partial charge in [0.25, 0.3) is 0 Å². The number of ether oxygens (including phenoxy) is 2. The Bertz CT molecular complexity index is 254. The number of esters is 1. The Morgan fingerprint density at radius 1 is 1.44 bits per heavy atom. The van der Waals surface area contributed by atoms with Crippen LogP contribution >= 0.6 is 0 Å². The maximum atomic E-state index is 11.5. The second kappa shape index (κ2) is 6.48. The lowest BCUT2D eigenvalue weighted by Crippen LogP contribution is -2.37. The predicted octanol–water partition coefficient (Wildman–Crippen LogP) is 1.46. The van der Waals surface area contributed by atoms with Gasteiger partial charge in [0.15, 0.2) is 0 Å². The van der Waals surface area contributed by atoms with Crippen LogP contribution in [0.1, 0.15) is 33.1 Å². The van der Waals surface area contributed by atoms with E-state index in [-0.39, 0.29) is 12.0 Å². The van der Waals surface area contributed by atoms with Crippen LogP contribution in [0.25, 0.3) is 0 Å². The summed E-state index contributed by atoms with van der Waals surface area (Å²) in [7, 11) is 0. The second-order valence-electron chi connectivity index (χ2n) is 4.07. The first kappa shape index (κ1) is 13.0. The minimum atomic E-state index is -0.889. The Kier molecular flexibility index (Phi) is 5.25. The molecule has 1 aliphatic rings. The second-order valence-corrected chi connectivity index (χ2v) is 4.07. The summed E-state index contributed by atoms with van der Waals surface area (Å²) in [5.41, 5.74) is 0. The molecule has 1 saturated heterocycles. The van der Waals surface area contributed by atoms with Crippen molar-refractivity contribution < 1.29 is 19.1 Å². The zero-order valence-corrected chi connectivity index (χ0v) is 9.82. The molecule has 1 fully saturated rings. The number of nitrogens with one attached hydrogen (secondary N) is 1. The van der Waals surface area contributed by atoms with Crippen molar-refractivity contribution in [1.82, 2.24) is 5.32 Å². The SMILES string of the molecule is CCCCOC(=O)OC(=O)C1NCCC1C. The molecular weight excluding hydrogens is 210 g/mol. The first-order valence-electron chi connectivity index (χ1n) is 5.77. The molecule has 2 unspecified atom stereocenters. The summed E-state index contributed by atoms with van der Waals surface area (Å²) in [4.78, 5) is 22.6. The van der Waals surface area contributed by atoms with E-state index in [1.54, 1.807) is 0 Å². The van der Waals surface area contributed by atoms with Gasteiger partial charge in [-0.3, -0.25) is 0 Å². The summed E-state index contributed by atoms with van der Waals surface area (Å²) >= 11 is 0. The Hall–Kier alpha value is -1.10. The number of hydrogen-bond donors (Lipinski definition) is 1. The number of rotatable bonds is 4. The summed E-state index contributed by atoms with van der Waals surface area (Å²) in [5, 5.41) is 3.00. The largest absolute Gasteiger partial charge is 0.516 e. The highest BCUT2D eigenvalue weighted by Gasteiger charge is 2.32. The molecule has 5 nitrogen and oxygen atoms in total. The fraction of sp³-hybridized carbons (Fsp3) is 0.818. The molecule has 1 heterocycles. The highest BCUT2D eigenvalue weighted by Crippen LogP contribution is 2.15. The maximum absolute atomic E-state index is 11.5. The molecule has 5 heteroatoms. The molecule has 0 saturated carbocycles. The van der Waals surface area contributed by atoms with Gasteiger partial charge in [-0.25, -0.2) is 9.59 Å². The van der Waals surface area contributed by atoms with E-state index < -0.39 is 12.1 Å². The number of unbranched alkanes of at least 4 members (excludes halogenated alkanes) is 1. The molecule has 0 aromatic rings. The first-order chi connectivity index (χ1) is 7.65. The van der Waals surface area contributed by atoms with Crippen molar-refractivity contribution in [3.8, 4) is 0 Å². The molecular formula is C11H19NO4. The molecule has 0 amide bonds. The van der Waals surface area contributed by atoms with E-state index in [4.69, 9.17) is 4.74 Å². The van der Waals surface area contributed by atoms with Gasteiger partial charge in [0.2, 0.25) is 0 Å². The van der Waals surface area contributed by atoms with Gasteiger partial charge in [-0.2, -0.15) is 0 Å². The zero-order valence-electron chi connectivity index (χ0n) is 9.82. The van der Waals surface area contributed by atoms with E-state index >= 15 is 0 Å². The lowest BCUT2D eigenvalue weighted by Gasteiger charge is -2.13. The van der Waals surface area contributed by atoms with E-state index in [9.17, 15) is 9.59 Å². The molecule has 0 radical (unpaired) electrons. The molecule has 1 rings (SSSR count). The van der Waals surface area contributed by atoms with Crippen molar-refractivity contribution in [3.63, 3.8) is 0 Å². The molecule has 1 N–H and O–H groups in total. The van der Waals surface area contributed by atoms with Gasteiger partial charge in [0, 0.05) is 0 Å². The third kappa shape index (κ3) is 3.81. The number of carbonyl (C=O) groups excluding carboxylic acids is 2. The Balaban J connectivity index is 2.25. The van der Waals surface area contributed by atoms with E-state index in [1.807, 2.05) is 13.8 Å². The molecule has 0 aromatic carbocycles. The van der Waals surface area contributed by atoms with Crippen LogP contribution < -0.4 is 5.32 Å². The van der Waals surface area contributed by atoms with Crippen molar-refractivity contribution in [2.24, 2.45) is 5.92 Å². The van der Waals surface area contributed by atoms with Gasteiger partial charge >= 0.3 is 12.1 Å². The molecule has 0 spiro atoms. The monoisotopic (exact) mass is 229 g/mol. The average molecular weight is 229 g/mol. The Morgan fingerprint density at radius 2 is 2.19 bits per heavy atom. The minimum absolute atomic E-state index is 0.205. The van der Waals surface area contributed by atoms with Gasteiger partial charge in [-0.05, 0) is 25.3 Å². The summed E-state index contributed by atoms with van der Waals surface area (Å²) in [6.45, 7) is 5.03. The molecule has 1 aliphatic heterocycles. The third-order valence-electron chi connectivity index (χ3n) is 2.69. The van der Waals surface area contributed by atoms with Crippen LogP contribution in [0, 0.1) is 5.92 Å². The van der Waals surface area contributed by atoms with Gasteiger partial charge in [0.1, 0.15) is 6.04 Å². The standard InChI is InChI=1S/C11H19NO4/c1-3-4-7-15-11(14)16-10(13)9-8(2)5-6-12-9/h8-9,12H,3-7H2,1-2H3. The Labute approximate surface area is 95.5 Å². The van der Waals surface area contributed by atoms with Gasteiger partial charge in [-0.15, -0.1) is 0 Å². The van der Waals surface area contributed by atoms with Crippen molar-refractivity contribution in [2.45, 2.75) is 39.2 Å². The third-order valence-corrected chi connectivity index (χ3v) is 2.69. The van der Waals surface area contributed by atoms with Crippen LogP contribution in [0.2, 0.25) is 0 Å². The molecule has 0 aromatic heterocycles. The van der Waals surface area contributed by atoms with Crippen LogP contribution in [-0.2, 0) is 14.3 Å². The van der Waals surface area contributed by atoms with Gasteiger partial charge < -0.3 is 14.8 Å². The van der Waals surface area contributed by atoms with Gasteiger partial charge in [-0.1, -0.05) is 20.3 Å². The van der Waals surface area contributed by atoms with Crippen LogP contribution in [0.3, 0.4) is 0 Å². The molecule has 2 atom stereocenters. The van der Waals surface area contributed by atoms with Crippen molar-refractivity contribution in [3.05, 3.63) is 0 Å². The fourth-order valence-corrected chi connectivity index (χ4v) is 1.62. The molecule has 92 valence electrons. The highest BCUT2D eigenvalue weighted by atomic mass is 16.7. The molecule has 16 heavy (non-hydrogen) atoms. The number of hydrogen-bond acceptors (Lipinski definition) is 5. The van der Waals surface area contributed by atoms with E-state index in [0.717, 1.165) is 25.8 Å². The predicted molar refractivity (Wildman–Crippen MR) is 57.9 cm³/mol.